The molecule has 0 spiro atoms. The van der Waals surface area contributed by atoms with Crippen LogP contribution < -0.4 is 0 Å². The second-order valence-electron chi connectivity index (χ2n) is 2.74. The van der Waals surface area contributed by atoms with E-state index in [1.807, 2.05) is 27.7 Å². The summed E-state index contributed by atoms with van der Waals surface area (Å²) < 4.78 is 0. The monoisotopic (exact) mass is 206 g/mol. The Bertz CT molecular complexity index is 47.1. The third kappa shape index (κ3) is 19.0. The van der Waals surface area contributed by atoms with Crippen molar-refractivity contribution in [1.29, 1.82) is 0 Å². The summed E-state index contributed by atoms with van der Waals surface area (Å²) in [5, 5.41) is 0. The normalized spacial score (nSPS) is 15.0. The van der Waals surface area contributed by atoms with E-state index in [0.717, 1.165) is 5.92 Å². The van der Waals surface area contributed by atoms with Gasteiger partial charge in [-0.15, -0.1) is 0 Å². The minimum atomic E-state index is 1.04. The molecular formula is C12H30S. The van der Waals surface area contributed by atoms with Crippen LogP contribution in [0.3, 0.4) is 0 Å². The molecule has 0 aromatic heterocycles. The summed E-state index contributed by atoms with van der Waals surface area (Å²) in [7, 11) is 0. The lowest BCUT2D eigenvalue weighted by molar-refractivity contribution is 0.385. The zero-order chi connectivity index (χ0) is 11.1. The summed E-state index contributed by atoms with van der Waals surface area (Å²) in [4.78, 5) is 0. The molecule has 1 saturated carbocycles. The second-order valence-corrected chi connectivity index (χ2v) is 2.74. The van der Waals surface area contributed by atoms with E-state index in [-0.39, 0.29) is 0 Å². The molecule has 1 fully saturated rings. The Hall–Kier alpha value is 0.350. The minimum absolute atomic E-state index is 1.04. The van der Waals surface area contributed by atoms with Crippen LogP contribution in [-0.2, 0) is 0 Å². The first-order valence-corrected chi connectivity index (χ1v) is 6.74. The van der Waals surface area contributed by atoms with Gasteiger partial charge in [-0.2, -0.15) is 12.6 Å². The van der Waals surface area contributed by atoms with Gasteiger partial charge < -0.3 is 0 Å². The lowest BCUT2D eigenvalue weighted by atomic mass is 9.91. The van der Waals surface area contributed by atoms with Crippen LogP contribution in [0.15, 0.2) is 0 Å². The zero-order valence-electron chi connectivity index (χ0n) is 10.6. The van der Waals surface area contributed by atoms with Crippen molar-refractivity contribution < 1.29 is 0 Å². The van der Waals surface area contributed by atoms with Crippen LogP contribution in [0.5, 0.6) is 0 Å². The molecule has 0 aromatic rings. The number of hydrogen-bond acceptors (Lipinski definition) is 1. The van der Waals surface area contributed by atoms with Gasteiger partial charge in [0.15, 0.2) is 0 Å². The molecule has 1 heteroatoms. The molecule has 0 aromatic carbocycles. The molecular weight excluding hydrogens is 176 g/mol. The van der Waals surface area contributed by atoms with E-state index in [2.05, 4.69) is 19.6 Å². The molecule has 0 radical (unpaired) electrons. The van der Waals surface area contributed by atoms with Gasteiger partial charge in [0.05, 0.1) is 0 Å². The average molecular weight is 206 g/mol. The Morgan fingerprint density at radius 1 is 0.769 bits per heavy atom. The standard InChI is InChI=1S/C7H14.2C2H6.CH4S/c1-7-5-3-2-4-6-7;3*1-2/h7H,2-6H2,1H3;2*1-2H3;2H,1H3. The van der Waals surface area contributed by atoms with Crippen LogP contribution in [0.4, 0.5) is 0 Å². The fourth-order valence-electron chi connectivity index (χ4n) is 1.31. The van der Waals surface area contributed by atoms with Gasteiger partial charge in [-0.05, 0) is 12.2 Å². The molecule has 13 heavy (non-hydrogen) atoms. The van der Waals surface area contributed by atoms with Gasteiger partial charge in [-0.1, -0.05) is 66.7 Å². The fraction of sp³-hybridized carbons (Fsp3) is 1.00. The van der Waals surface area contributed by atoms with Gasteiger partial charge in [-0.3, -0.25) is 0 Å². The highest BCUT2D eigenvalue weighted by Gasteiger charge is 2.05. The first-order valence-electron chi connectivity index (χ1n) is 5.84. The Morgan fingerprint density at radius 2 is 1.08 bits per heavy atom. The molecule has 0 unspecified atom stereocenters. The summed E-state index contributed by atoms with van der Waals surface area (Å²) in [6, 6.07) is 0. The first-order chi connectivity index (χ1) is 6.39. The molecule has 1 rings (SSSR count). The maximum Gasteiger partial charge on any atom is -0.0215 e. The van der Waals surface area contributed by atoms with Gasteiger partial charge in [0.1, 0.15) is 0 Å². The van der Waals surface area contributed by atoms with Gasteiger partial charge in [0.25, 0.3) is 0 Å². The van der Waals surface area contributed by atoms with Crippen LogP contribution in [0.25, 0.3) is 0 Å². The van der Waals surface area contributed by atoms with Crippen molar-refractivity contribution in [2.24, 2.45) is 5.92 Å². The molecule has 0 aliphatic heterocycles. The van der Waals surface area contributed by atoms with E-state index >= 15 is 0 Å². The molecule has 1 aliphatic rings. The van der Waals surface area contributed by atoms with E-state index < -0.39 is 0 Å². The summed E-state index contributed by atoms with van der Waals surface area (Å²) in [5.74, 6) is 1.04. The predicted molar refractivity (Wildman–Crippen MR) is 69.9 cm³/mol. The summed E-state index contributed by atoms with van der Waals surface area (Å²) >= 11 is 3.53. The van der Waals surface area contributed by atoms with E-state index in [9.17, 15) is 0 Å². The quantitative estimate of drug-likeness (QED) is 0.518. The second kappa shape index (κ2) is 22.8. The van der Waals surface area contributed by atoms with E-state index in [0.29, 0.717) is 0 Å². The van der Waals surface area contributed by atoms with Crippen LogP contribution in [0, 0.1) is 5.92 Å². The minimum Gasteiger partial charge on any atom is -0.183 e. The van der Waals surface area contributed by atoms with Crippen molar-refractivity contribution in [2.45, 2.75) is 66.7 Å². The molecule has 84 valence electrons. The van der Waals surface area contributed by atoms with Gasteiger partial charge in [-0.25, -0.2) is 0 Å². The third-order valence-electron chi connectivity index (χ3n) is 1.89. The number of thiol groups is 1. The summed E-state index contributed by atoms with van der Waals surface area (Å²) in [6.07, 6.45) is 9.13. The van der Waals surface area contributed by atoms with E-state index in [4.69, 9.17) is 0 Å². The van der Waals surface area contributed by atoms with E-state index in [1.165, 1.54) is 32.1 Å². The van der Waals surface area contributed by atoms with Crippen molar-refractivity contribution in [3.8, 4) is 0 Å². The zero-order valence-corrected chi connectivity index (χ0v) is 11.5. The van der Waals surface area contributed by atoms with Gasteiger partial charge >= 0.3 is 0 Å². The Morgan fingerprint density at radius 3 is 1.23 bits per heavy atom. The van der Waals surface area contributed by atoms with Crippen LogP contribution in [0.1, 0.15) is 66.7 Å². The fourth-order valence-corrected chi connectivity index (χ4v) is 1.31. The number of rotatable bonds is 0. The van der Waals surface area contributed by atoms with Crippen LogP contribution in [0.2, 0.25) is 0 Å². The predicted octanol–water partition coefficient (Wildman–Crippen LogP) is 5.19. The molecule has 0 N–H and O–H groups in total. The highest BCUT2D eigenvalue weighted by atomic mass is 32.1. The van der Waals surface area contributed by atoms with Crippen molar-refractivity contribution >= 4 is 12.6 Å². The molecule has 0 bridgehead atoms. The van der Waals surface area contributed by atoms with Crippen molar-refractivity contribution in [1.82, 2.24) is 0 Å². The average Bonchev–Trinajstić information content (AvgIpc) is 2.28. The largest absolute Gasteiger partial charge is 0.183 e. The van der Waals surface area contributed by atoms with Crippen molar-refractivity contribution in [3.63, 3.8) is 0 Å². The van der Waals surface area contributed by atoms with Crippen LogP contribution >= 0.6 is 12.6 Å². The lowest BCUT2D eigenvalue weighted by Crippen LogP contribution is -1.99. The Balaban J connectivity index is -0.000000144. The molecule has 0 nitrogen and oxygen atoms in total. The summed E-state index contributed by atoms with van der Waals surface area (Å²) in [6.45, 7) is 10.4. The maximum absolute atomic E-state index is 3.53. The SMILES string of the molecule is CC.CC.CC1CCCCC1.CS. The highest BCUT2D eigenvalue weighted by Crippen LogP contribution is 2.21. The topological polar surface area (TPSA) is 0 Å². The third-order valence-corrected chi connectivity index (χ3v) is 1.89. The highest BCUT2D eigenvalue weighted by molar-refractivity contribution is 7.79. The van der Waals surface area contributed by atoms with Gasteiger partial charge in [0, 0.05) is 0 Å². The maximum atomic E-state index is 3.53. The van der Waals surface area contributed by atoms with E-state index in [1.54, 1.807) is 6.26 Å². The van der Waals surface area contributed by atoms with Crippen molar-refractivity contribution in [2.75, 3.05) is 6.26 Å². The molecule has 1 aliphatic carbocycles. The number of hydrogen-bond donors (Lipinski definition) is 1. The molecule has 0 amide bonds. The molecule has 0 heterocycles. The Labute approximate surface area is 91.9 Å². The van der Waals surface area contributed by atoms with Crippen LogP contribution in [-0.4, -0.2) is 6.26 Å². The van der Waals surface area contributed by atoms with Crippen molar-refractivity contribution in [3.05, 3.63) is 0 Å². The lowest BCUT2D eigenvalue weighted by Gasteiger charge is -2.15. The first kappa shape index (κ1) is 19.0. The Kier molecular flexibility index (Phi) is 33.4. The summed E-state index contributed by atoms with van der Waals surface area (Å²) in [5.41, 5.74) is 0. The molecule has 0 atom stereocenters. The smallest absolute Gasteiger partial charge is 0.0215 e. The molecule has 0 saturated heterocycles. The van der Waals surface area contributed by atoms with Gasteiger partial charge in [0.2, 0.25) is 0 Å².